The highest BCUT2D eigenvalue weighted by Gasteiger charge is 2.15. The van der Waals surface area contributed by atoms with Crippen LogP contribution >= 0.6 is 47.8 Å². The van der Waals surface area contributed by atoms with Crippen LogP contribution in [0.3, 0.4) is 0 Å². The number of nitrogens with one attached hydrogen (secondary N) is 1. The van der Waals surface area contributed by atoms with Gasteiger partial charge in [-0.2, -0.15) is 0 Å². The molecule has 0 aliphatic heterocycles. The summed E-state index contributed by atoms with van der Waals surface area (Å²) in [5.41, 5.74) is 4.91. The van der Waals surface area contributed by atoms with E-state index in [1.54, 1.807) is 6.20 Å². The highest BCUT2D eigenvalue weighted by atomic mass is 79.9. The zero-order valence-corrected chi connectivity index (χ0v) is 14.7. The highest BCUT2D eigenvalue weighted by Crippen LogP contribution is 2.27. The lowest BCUT2D eigenvalue weighted by atomic mass is 10.0. The van der Waals surface area contributed by atoms with Crippen molar-refractivity contribution in [3.05, 3.63) is 61.2 Å². The summed E-state index contributed by atoms with van der Waals surface area (Å²) < 4.78 is 2.92. The van der Waals surface area contributed by atoms with Crippen molar-refractivity contribution in [2.75, 3.05) is 0 Å². The Morgan fingerprint density at radius 3 is 2.58 bits per heavy atom. The van der Waals surface area contributed by atoms with Crippen molar-refractivity contribution < 1.29 is 0 Å². The van der Waals surface area contributed by atoms with Gasteiger partial charge >= 0.3 is 0 Å². The van der Waals surface area contributed by atoms with Crippen molar-refractivity contribution in [1.29, 1.82) is 0 Å². The summed E-state index contributed by atoms with van der Waals surface area (Å²) in [6.45, 7) is 0. The van der Waals surface area contributed by atoms with Gasteiger partial charge in [0.1, 0.15) is 0 Å². The minimum atomic E-state index is -0.0447. The number of hydrazine groups is 1. The predicted octanol–water partition coefficient (Wildman–Crippen LogP) is 4.12. The van der Waals surface area contributed by atoms with Gasteiger partial charge in [0.25, 0.3) is 0 Å². The molecule has 3 nitrogen and oxygen atoms in total. The van der Waals surface area contributed by atoms with Crippen LogP contribution in [0.15, 0.2) is 49.9 Å². The average Bonchev–Trinajstić information content (AvgIpc) is 2.37. The van der Waals surface area contributed by atoms with Crippen molar-refractivity contribution in [3.63, 3.8) is 0 Å². The maximum Gasteiger partial charge on any atom is 0.0732 e. The number of pyridine rings is 1. The van der Waals surface area contributed by atoms with Gasteiger partial charge < -0.3 is 0 Å². The molecule has 1 heterocycles. The van der Waals surface area contributed by atoms with Crippen LogP contribution in [0.2, 0.25) is 0 Å². The Bertz CT molecular complexity index is 575. The third kappa shape index (κ3) is 4.10. The van der Waals surface area contributed by atoms with Crippen LogP contribution in [-0.4, -0.2) is 4.98 Å². The molecule has 2 aromatic rings. The molecule has 3 N–H and O–H groups in total. The molecule has 19 heavy (non-hydrogen) atoms. The predicted molar refractivity (Wildman–Crippen MR) is 87.5 cm³/mol. The molecule has 1 aromatic heterocycles. The lowest BCUT2D eigenvalue weighted by Gasteiger charge is -2.17. The molecular formula is C13H12Br3N3. The van der Waals surface area contributed by atoms with Crippen LogP contribution in [-0.2, 0) is 6.42 Å². The smallest absolute Gasteiger partial charge is 0.0732 e. The van der Waals surface area contributed by atoms with Gasteiger partial charge in [-0.05, 0) is 62.0 Å². The molecule has 0 saturated carbocycles. The second kappa shape index (κ2) is 6.95. The summed E-state index contributed by atoms with van der Waals surface area (Å²) >= 11 is 10.4. The Morgan fingerprint density at radius 2 is 1.95 bits per heavy atom. The third-order valence-electron chi connectivity index (χ3n) is 2.70. The Kier molecular flexibility index (Phi) is 5.53. The molecule has 6 heteroatoms. The highest BCUT2D eigenvalue weighted by molar-refractivity contribution is 9.11. The monoisotopic (exact) mass is 447 g/mol. The first-order chi connectivity index (χ1) is 9.10. The Morgan fingerprint density at radius 1 is 1.16 bits per heavy atom. The van der Waals surface area contributed by atoms with E-state index >= 15 is 0 Å². The normalized spacial score (nSPS) is 12.4. The lowest BCUT2D eigenvalue weighted by Crippen LogP contribution is -2.30. The maximum absolute atomic E-state index is 5.66. The third-order valence-corrected chi connectivity index (χ3v) is 4.26. The first-order valence-electron chi connectivity index (χ1n) is 5.61. The van der Waals surface area contributed by atoms with E-state index in [-0.39, 0.29) is 6.04 Å². The molecule has 2 rings (SSSR count). The quantitative estimate of drug-likeness (QED) is 0.545. The van der Waals surface area contributed by atoms with Gasteiger partial charge in [-0.15, -0.1) is 0 Å². The summed E-state index contributed by atoms with van der Waals surface area (Å²) in [4.78, 5) is 4.42. The topological polar surface area (TPSA) is 50.9 Å². The largest absolute Gasteiger partial charge is 0.271 e. The zero-order valence-electron chi connectivity index (χ0n) is 9.91. The van der Waals surface area contributed by atoms with E-state index in [4.69, 9.17) is 5.84 Å². The van der Waals surface area contributed by atoms with Crippen molar-refractivity contribution in [2.45, 2.75) is 12.5 Å². The molecule has 0 fully saturated rings. The van der Waals surface area contributed by atoms with Crippen LogP contribution in [0.4, 0.5) is 0 Å². The van der Waals surface area contributed by atoms with Crippen LogP contribution in [0.1, 0.15) is 17.3 Å². The Hall–Kier alpha value is -0.270. The van der Waals surface area contributed by atoms with Crippen molar-refractivity contribution >= 4 is 47.8 Å². The molecule has 0 bridgehead atoms. The van der Waals surface area contributed by atoms with Crippen molar-refractivity contribution in [1.82, 2.24) is 10.4 Å². The number of nitrogens with two attached hydrogens (primary N) is 1. The number of nitrogens with zero attached hydrogens (tertiary/aromatic N) is 1. The minimum absolute atomic E-state index is 0.0447. The Labute approximate surface area is 137 Å². The Balaban J connectivity index is 2.25. The van der Waals surface area contributed by atoms with E-state index < -0.39 is 0 Å². The number of hydrogen-bond acceptors (Lipinski definition) is 3. The minimum Gasteiger partial charge on any atom is -0.271 e. The first kappa shape index (κ1) is 15.1. The van der Waals surface area contributed by atoms with Gasteiger partial charge in [0.15, 0.2) is 0 Å². The van der Waals surface area contributed by atoms with E-state index in [0.29, 0.717) is 0 Å². The fourth-order valence-corrected chi connectivity index (χ4v) is 3.53. The fraction of sp³-hybridized carbons (Fsp3) is 0.154. The molecule has 0 spiro atoms. The van der Waals surface area contributed by atoms with Gasteiger partial charge in [-0.1, -0.05) is 28.1 Å². The average molecular weight is 450 g/mol. The summed E-state index contributed by atoms with van der Waals surface area (Å²) in [6.07, 6.45) is 2.54. The van der Waals surface area contributed by atoms with E-state index in [0.717, 1.165) is 25.5 Å². The summed E-state index contributed by atoms with van der Waals surface area (Å²) in [6, 6.07) is 10.1. The molecule has 100 valence electrons. The number of rotatable bonds is 4. The zero-order chi connectivity index (χ0) is 13.8. The van der Waals surface area contributed by atoms with Crippen LogP contribution in [0.5, 0.6) is 0 Å². The molecule has 0 aliphatic carbocycles. The molecule has 1 aromatic carbocycles. The molecular weight excluding hydrogens is 438 g/mol. The second-order valence-electron chi connectivity index (χ2n) is 4.07. The SMILES string of the molecule is NNC(Cc1cccc(Br)c1)c1ncc(Br)cc1Br. The summed E-state index contributed by atoms with van der Waals surface area (Å²) in [5.74, 6) is 5.66. The summed E-state index contributed by atoms with van der Waals surface area (Å²) in [5, 5.41) is 0. The van der Waals surface area contributed by atoms with Gasteiger partial charge in [-0.3, -0.25) is 16.3 Å². The second-order valence-corrected chi connectivity index (χ2v) is 6.76. The number of aromatic nitrogens is 1. The standard InChI is InChI=1S/C13H12Br3N3/c14-9-3-1-2-8(4-9)5-12(19-17)13-11(16)6-10(15)7-18-13/h1-4,6-7,12,19H,5,17H2. The van der Waals surface area contributed by atoms with Crippen molar-refractivity contribution in [3.8, 4) is 0 Å². The molecule has 0 aliphatic rings. The fourth-order valence-electron chi connectivity index (χ4n) is 1.82. The molecule has 0 amide bonds. The van der Waals surface area contributed by atoms with E-state index in [2.05, 4.69) is 70.3 Å². The van der Waals surface area contributed by atoms with E-state index in [9.17, 15) is 0 Å². The van der Waals surface area contributed by atoms with Crippen LogP contribution in [0.25, 0.3) is 0 Å². The van der Waals surface area contributed by atoms with Crippen LogP contribution < -0.4 is 11.3 Å². The molecule has 1 atom stereocenters. The van der Waals surface area contributed by atoms with E-state index in [1.165, 1.54) is 5.56 Å². The number of benzene rings is 1. The van der Waals surface area contributed by atoms with Crippen LogP contribution in [0, 0.1) is 0 Å². The molecule has 0 radical (unpaired) electrons. The van der Waals surface area contributed by atoms with Gasteiger partial charge in [0, 0.05) is 19.6 Å². The lowest BCUT2D eigenvalue weighted by molar-refractivity contribution is 0.536. The van der Waals surface area contributed by atoms with Crippen molar-refractivity contribution in [2.24, 2.45) is 5.84 Å². The first-order valence-corrected chi connectivity index (χ1v) is 7.99. The van der Waals surface area contributed by atoms with Gasteiger partial charge in [0.2, 0.25) is 0 Å². The maximum atomic E-state index is 5.66. The molecule has 1 unspecified atom stereocenters. The summed E-state index contributed by atoms with van der Waals surface area (Å²) in [7, 11) is 0. The number of halogens is 3. The molecule has 0 saturated heterocycles. The van der Waals surface area contributed by atoms with E-state index in [1.807, 2.05) is 18.2 Å². The number of hydrogen-bond donors (Lipinski definition) is 2. The van der Waals surface area contributed by atoms with Gasteiger partial charge in [0.05, 0.1) is 11.7 Å². The van der Waals surface area contributed by atoms with Gasteiger partial charge in [-0.25, -0.2) is 0 Å².